The van der Waals surface area contributed by atoms with Gasteiger partial charge in [0.2, 0.25) is 5.76 Å². The van der Waals surface area contributed by atoms with Crippen LogP contribution in [0.15, 0.2) is 40.8 Å². The number of hydrogen-bond acceptors (Lipinski definition) is 4. The van der Waals surface area contributed by atoms with Crippen LogP contribution < -0.4 is 0 Å². The van der Waals surface area contributed by atoms with E-state index in [1.165, 1.54) is 6.92 Å². The van der Waals surface area contributed by atoms with Crippen LogP contribution in [-0.4, -0.2) is 18.4 Å². The number of hydrogen-bond donors (Lipinski definition) is 0. The Morgan fingerprint density at radius 1 is 1.10 bits per heavy atom. The third-order valence-corrected chi connectivity index (χ3v) is 3.42. The van der Waals surface area contributed by atoms with Crippen molar-refractivity contribution in [3.05, 3.63) is 47.7 Å². The Morgan fingerprint density at radius 3 is 2.62 bits per heavy atom. The van der Waals surface area contributed by atoms with Crippen molar-refractivity contribution in [1.82, 2.24) is 0 Å². The van der Waals surface area contributed by atoms with Gasteiger partial charge in [-0.15, -0.1) is 0 Å². The van der Waals surface area contributed by atoms with E-state index >= 15 is 0 Å². The molecule has 4 nitrogen and oxygen atoms in total. The number of carbonyl (C=O) groups excluding carboxylic acids is 2. The molecule has 1 heterocycles. The predicted molar refractivity (Wildman–Crippen MR) is 79.4 cm³/mol. The minimum absolute atomic E-state index is 0.155. The van der Waals surface area contributed by atoms with E-state index < -0.39 is 5.97 Å². The molecular weight excluding hydrogens is 268 g/mol. The SMILES string of the molecule is CC(=O)COC(=O)c1oc2c(ccc3ccccc32)c1C. The van der Waals surface area contributed by atoms with Gasteiger partial charge in [-0.1, -0.05) is 36.4 Å². The number of aryl methyl sites for hydroxylation is 1. The average Bonchev–Trinajstić information content (AvgIpc) is 2.82. The Kier molecular flexibility index (Phi) is 3.22. The zero-order valence-corrected chi connectivity index (χ0v) is 11.8. The van der Waals surface area contributed by atoms with Crippen LogP contribution in [0.5, 0.6) is 0 Å². The van der Waals surface area contributed by atoms with Gasteiger partial charge in [0.1, 0.15) is 12.2 Å². The van der Waals surface area contributed by atoms with Gasteiger partial charge >= 0.3 is 5.97 Å². The van der Waals surface area contributed by atoms with Crippen molar-refractivity contribution in [3.8, 4) is 0 Å². The molecule has 2 aromatic carbocycles. The molecule has 0 unspecified atom stereocenters. The molecule has 0 N–H and O–H groups in total. The monoisotopic (exact) mass is 282 g/mol. The van der Waals surface area contributed by atoms with E-state index in [0.717, 1.165) is 21.7 Å². The van der Waals surface area contributed by atoms with Crippen LogP contribution in [0, 0.1) is 6.92 Å². The molecule has 0 saturated heterocycles. The van der Waals surface area contributed by atoms with Gasteiger partial charge < -0.3 is 9.15 Å². The number of esters is 1. The number of carbonyl (C=O) groups is 2. The molecule has 0 saturated carbocycles. The van der Waals surface area contributed by atoms with Crippen LogP contribution in [0.2, 0.25) is 0 Å². The third-order valence-electron chi connectivity index (χ3n) is 3.42. The van der Waals surface area contributed by atoms with Crippen LogP contribution >= 0.6 is 0 Å². The summed E-state index contributed by atoms with van der Waals surface area (Å²) in [5, 5.41) is 2.87. The van der Waals surface area contributed by atoms with Gasteiger partial charge in [0.25, 0.3) is 0 Å². The standard InChI is InChI=1S/C17H14O4/c1-10(18)9-20-17(19)15-11(2)13-8-7-12-5-3-4-6-14(12)16(13)21-15/h3-8H,9H2,1-2H3. The molecule has 0 bridgehead atoms. The lowest BCUT2D eigenvalue weighted by Crippen LogP contribution is -2.11. The van der Waals surface area contributed by atoms with E-state index in [4.69, 9.17) is 9.15 Å². The zero-order chi connectivity index (χ0) is 15.0. The van der Waals surface area contributed by atoms with Gasteiger partial charge in [-0.05, 0) is 19.2 Å². The molecule has 1 aromatic heterocycles. The fourth-order valence-electron chi connectivity index (χ4n) is 2.38. The van der Waals surface area contributed by atoms with Gasteiger partial charge in [0.15, 0.2) is 5.78 Å². The lowest BCUT2D eigenvalue weighted by molar-refractivity contribution is -0.120. The molecule has 0 aliphatic rings. The van der Waals surface area contributed by atoms with E-state index in [9.17, 15) is 9.59 Å². The number of benzene rings is 2. The Morgan fingerprint density at radius 2 is 1.86 bits per heavy atom. The Bertz CT molecular complexity index is 858. The summed E-state index contributed by atoms with van der Waals surface area (Å²) in [6.07, 6.45) is 0. The van der Waals surface area contributed by atoms with E-state index in [0.29, 0.717) is 5.58 Å². The van der Waals surface area contributed by atoms with Crippen molar-refractivity contribution in [3.63, 3.8) is 0 Å². The summed E-state index contributed by atoms with van der Waals surface area (Å²) in [4.78, 5) is 22.9. The molecule has 3 aromatic rings. The molecule has 0 aliphatic carbocycles. The number of fused-ring (bicyclic) bond motifs is 3. The second-order valence-corrected chi connectivity index (χ2v) is 5.00. The van der Waals surface area contributed by atoms with Crippen LogP contribution in [0.4, 0.5) is 0 Å². The Labute approximate surface area is 121 Å². The van der Waals surface area contributed by atoms with Crippen molar-refractivity contribution in [2.24, 2.45) is 0 Å². The van der Waals surface area contributed by atoms with Crippen molar-refractivity contribution >= 4 is 33.5 Å². The van der Waals surface area contributed by atoms with Crippen molar-refractivity contribution in [2.45, 2.75) is 13.8 Å². The summed E-state index contributed by atoms with van der Waals surface area (Å²) in [5.74, 6) is -0.659. The highest BCUT2D eigenvalue weighted by Crippen LogP contribution is 2.31. The minimum Gasteiger partial charge on any atom is -0.452 e. The number of furan rings is 1. The van der Waals surface area contributed by atoms with Gasteiger partial charge in [-0.2, -0.15) is 0 Å². The van der Waals surface area contributed by atoms with Crippen LogP contribution in [-0.2, 0) is 9.53 Å². The van der Waals surface area contributed by atoms with E-state index in [1.807, 2.05) is 43.3 Å². The maximum atomic E-state index is 12.0. The number of rotatable bonds is 3. The summed E-state index contributed by atoms with van der Waals surface area (Å²) in [6.45, 7) is 2.94. The molecule has 0 atom stereocenters. The minimum atomic E-state index is -0.608. The van der Waals surface area contributed by atoms with Crippen LogP contribution in [0.25, 0.3) is 21.7 Å². The number of Topliss-reactive ketones (excluding diaryl/α,β-unsaturated/α-hetero) is 1. The molecule has 106 valence electrons. The zero-order valence-electron chi connectivity index (χ0n) is 11.8. The lowest BCUT2D eigenvalue weighted by atomic mass is 10.1. The molecule has 3 rings (SSSR count). The molecule has 0 spiro atoms. The topological polar surface area (TPSA) is 56.5 Å². The maximum Gasteiger partial charge on any atom is 0.374 e. The number of ketones is 1. The fourth-order valence-corrected chi connectivity index (χ4v) is 2.38. The van der Waals surface area contributed by atoms with Crippen molar-refractivity contribution < 1.29 is 18.7 Å². The molecule has 0 amide bonds. The average molecular weight is 282 g/mol. The molecule has 21 heavy (non-hydrogen) atoms. The van der Waals surface area contributed by atoms with Gasteiger partial charge in [-0.3, -0.25) is 4.79 Å². The highest BCUT2D eigenvalue weighted by Gasteiger charge is 2.20. The lowest BCUT2D eigenvalue weighted by Gasteiger charge is -1.99. The number of ether oxygens (including phenoxy) is 1. The predicted octanol–water partition coefficient (Wildman–Crippen LogP) is 3.64. The smallest absolute Gasteiger partial charge is 0.374 e. The first-order valence-corrected chi connectivity index (χ1v) is 6.65. The second-order valence-electron chi connectivity index (χ2n) is 5.00. The van der Waals surface area contributed by atoms with Gasteiger partial charge in [0, 0.05) is 16.3 Å². The second kappa shape index (κ2) is 5.05. The highest BCUT2D eigenvalue weighted by atomic mass is 16.5. The van der Waals surface area contributed by atoms with Gasteiger partial charge in [0.05, 0.1) is 0 Å². The summed E-state index contributed by atoms with van der Waals surface area (Å²) in [5.41, 5.74) is 1.39. The van der Waals surface area contributed by atoms with Crippen molar-refractivity contribution in [2.75, 3.05) is 6.61 Å². The van der Waals surface area contributed by atoms with E-state index in [2.05, 4.69) is 0 Å². The molecular formula is C17H14O4. The third kappa shape index (κ3) is 2.29. The molecule has 0 fully saturated rings. The molecule has 4 heteroatoms. The van der Waals surface area contributed by atoms with Crippen LogP contribution in [0.3, 0.4) is 0 Å². The first-order valence-electron chi connectivity index (χ1n) is 6.65. The maximum absolute atomic E-state index is 12.0. The molecule has 0 radical (unpaired) electrons. The summed E-state index contributed by atoms with van der Waals surface area (Å²) in [6, 6.07) is 11.7. The Hall–Kier alpha value is -2.62. The summed E-state index contributed by atoms with van der Waals surface area (Å²) < 4.78 is 10.7. The highest BCUT2D eigenvalue weighted by molar-refractivity contribution is 6.08. The quantitative estimate of drug-likeness (QED) is 0.688. The van der Waals surface area contributed by atoms with E-state index in [1.54, 1.807) is 0 Å². The van der Waals surface area contributed by atoms with Crippen LogP contribution in [0.1, 0.15) is 23.0 Å². The normalized spacial score (nSPS) is 11.0. The first-order chi connectivity index (χ1) is 10.1. The van der Waals surface area contributed by atoms with Gasteiger partial charge in [-0.25, -0.2) is 4.79 Å². The fraction of sp³-hybridized carbons (Fsp3) is 0.176. The first kappa shape index (κ1) is 13.4. The van der Waals surface area contributed by atoms with Crippen molar-refractivity contribution in [1.29, 1.82) is 0 Å². The summed E-state index contributed by atoms with van der Waals surface area (Å²) in [7, 11) is 0. The van der Waals surface area contributed by atoms with E-state index in [-0.39, 0.29) is 18.2 Å². The Balaban J connectivity index is 2.12. The molecule has 0 aliphatic heterocycles. The largest absolute Gasteiger partial charge is 0.452 e. The summed E-state index contributed by atoms with van der Waals surface area (Å²) >= 11 is 0.